The number of hydrogen-bond acceptors (Lipinski definition) is 4. The Hall–Kier alpha value is -1.55. The van der Waals surface area contributed by atoms with E-state index in [-0.39, 0.29) is 6.04 Å². The number of aliphatic imine (C=N–C) groups is 1. The minimum Gasteiger partial charge on any atom is -0.497 e. The predicted molar refractivity (Wildman–Crippen MR) is 62.8 cm³/mol. The molecule has 0 spiro atoms. The van der Waals surface area contributed by atoms with Crippen molar-refractivity contribution in [3.8, 4) is 5.75 Å². The Labute approximate surface area is 95.1 Å². The van der Waals surface area contributed by atoms with Crippen LogP contribution in [0.4, 0.5) is 0 Å². The molecule has 1 aliphatic heterocycles. The van der Waals surface area contributed by atoms with Crippen LogP contribution < -0.4 is 10.5 Å². The van der Waals surface area contributed by atoms with E-state index in [1.54, 1.807) is 7.11 Å². The molecule has 1 heterocycles. The van der Waals surface area contributed by atoms with Crippen LogP contribution in [0.2, 0.25) is 0 Å². The van der Waals surface area contributed by atoms with Crippen LogP contribution >= 0.6 is 0 Å². The lowest BCUT2D eigenvalue weighted by Gasteiger charge is -2.12. The van der Waals surface area contributed by atoms with Gasteiger partial charge in [-0.05, 0) is 17.7 Å². The van der Waals surface area contributed by atoms with E-state index in [1.807, 2.05) is 24.3 Å². The van der Waals surface area contributed by atoms with Crippen molar-refractivity contribution in [2.45, 2.75) is 12.5 Å². The second-order valence-electron chi connectivity index (χ2n) is 3.71. The molecule has 0 unspecified atom stereocenters. The maximum Gasteiger partial charge on any atom is 0.185 e. The molecule has 0 amide bonds. The van der Waals surface area contributed by atoms with Crippen molar-refractivity contribution in [1.82, 2.24) is 0 Å². The van der Waals surface area contributed by atoms with E-state index in [0.29, 0.717) is 13.0 Å². The Morgan fingerprint density at radius 1 is 1.44 bits per heavy atom. The highest BCUT2D eigenvalue weighted by Gasteiger charge is 2.14. The fourth-order valence-corrected chi connectivity index (χ4v) is 1.66. The lowest BCUT2D eigenvalue weighted by molar-refractivity contribution is 0.335. The lowest BCUT2D eigenvalue weighted by atomic mass is 10.0. The molecule has 1 aromatic rings. The van der Waals surface area contributed by atoms with Gasteiger partial charge in [0.2, 0.25) is 0 Å². The summed E-state index contributed by atoms with van der Waals surface area (Å²) in [5.74, 6) is 1.61. The van der Waals surface area contributed by atoms with Gasteiger partial charge < -0.3 is 15.2 Å². The summed E-state index contributed by atoms with van der Waals surface area (Å²) in [5, 5.41) is 0. The fraction of sp³-hybridized carbons (Fsp3) is 0.417. The molecule has 0 aliphatic carbocycles. The first kappa shape index (κ1) is 11.0. The van der Waals surface area contributed by atoms with Crippen LogP contribution in [-0.2, 0) is 4.74 Å². The zero-order chi connectivity index (χ0) is 11.4. The molecular formula is C12H16N2O2. The molecule has 4 nitrogen and oxygen atoms in total. The smallest absolute Gasteiger partial charge is 0.185 e. The van der Waals surface area contributed by atoms with Gasteiger partial charge in [-0.2, -0.15) is 0 Å². The van der Waals surface area contributed by atoms with E-state index in [4.69, 9.17) is 15.2 Å². The molecule has 4 heteroatoms. The largest absolute Gasteiger partial charge is 0.497 e. The van der Waals surface area contributed by atoms with E-state index in [1.165, 1.54) is 0 Å². The number of ether oxygens (including phenoxy) is 2. The van der Waals surface area contributed by atoms with Gasteiger partial charge in [0.1, 0.15) is 12.4 Å². The van der Waals surface area contributed by atoms with E-state index < -0.39 is 0 Å². The van der Waals surface area contributed by atoms with Gasteiger partial charge in [-0.3, -0.25) is 4.99 Å². The van der Waals surface area contributed by atoms with Crippen molar-refractivity contribution in [2.24, 2.45) is 10.7 Å². The molecule has 0 aromatic heterocycles. The molecular weight excluding hydrogens is 204 g/mol. The van der Waals surface area contributed by atoms with Gasteiger partial charge in [0, 0.05) is 12.5 Å². The number of benzene rings is 1. The predicted octanol–water partition coefficient (Wildman–Crippen LogP) is 1.51. The first-order valence-corrected chi connectivity index (χ1v) is 5.35. The summed E-state index contributed by atoms with van der Waals surface area (Å²) in [6, 6.07) is 7.69. The zero-order valence-corrected chi connectivity index (χ0v) is 9.35. The third-order valence-corrected chi connectivity index (χ3v) is 2.59. The van der Waals surface area contributed by atoms with E-state index in [0.717, 1.165) is 23.8 Å². The standard InChI is InChI=1S/C12H16N2O2/c1-15-10-4-2-9(3-5-10)11(13)8-12-14-6-7-16-12/h2-5,11H,6-8,13H2,1H3/t11-/m1/s1. The van der Waals surface area contributed by atoms with Crippen molar-refractivity contribution in [1.29, 1.82) is 0 Å². The van der Waals surface area contributed by atoms with Crippen LogP contribution in [0.1, 0.15) is 18.0 Å². The Bertz CT molecular complexity index is 373. The van der Waals surface area contributed by atoms with Crippen molar-refractivity contribution in [3.05, 3.63) is 29.8 Å². The topological polar surface area (TPSA) is 56.8 Å². The molecule has 0 radical (unpaired) electrons. The Balaban J connectivity index is 1.99. The third-order valence-electron chi connectivity index (χ3n) is 2.59. The highest BCUT2D eigenvalue weighted by atomic mass is 16.5. The van der Waals surface area contributed by atoms with Crippen molar-refractivity contribution in [2.75, 3.05) is 20.3 Å². The average Bonchev–Trinajstić information content (AvgIpc) is 2.82. The number of nitrogens with two attached hydrogens (primary N) is 1. The van der Waals surface area contributed by atoms with Gasteiger partial charge in [0.25, 0.3) is 0 Å². The first-order valence-electron chi connectivity index (χ1n) is 5.35. The highest BCUT2D eigenvalue weighted by molar-refractivity contribution is 5.78. The van der Waals surface area contributed by atoms with E-state index in [2.05, 4.69) is 4.99 Å². The van der Waals surface area contributed by atoms with Crippen LogP contribution in [0.3, 0.4) is 0 Å². The van der Waals surface area contributed by atoms with Crippen molar-refractivity contribution >= 4 is 5.90 Å². The maximum atomic E-state index is 6.06. The molecule has 0 bridgehead atoms. The van der Waals surface area contributed by atoms with Gasteiger partial charge in [0.05, 0.1) is 13.7 Å². The number of rotatable bonds is 4. The van der Waals surface area contributed by atoms with Gasteiger partial charge in [-0.1, -0.05) is 12.1 Å². The van der Waals surface area contributed by atoms with Crippen LogP contribution in [-0.4, -0.2) is 26.2 Å². The Morgan fingerprint density at radius 3 is 2.75 bits per heavy atom. The SMILES string of the molecule is COc1ccc([C@H](N)CC2=NCCO2)cc1. The molecule has 0 fully saturated rings. The fourth-order valence-electron chi connectivity index (χ4n) is 1.66. The number of nitrogens with zero attached hydrogens (tertiary/aromatic N) is 1. The number of methoxy groups -OCH3 is 1. The summed E-state index contributed by atoms with van der Waals surface area (Å²) in [5.41, 5.74) is 7.13. The molecule has 0 saturated heterocycles. The molecule has 16 heavy (non-hydrogen) atoms. The second kappa shape index (κ2) is 4.99. The molecule has 86 valence electrons. The van der Waals surface area contributed by atoms with Gasteiger partial charge in [0.15, 0.2) is 5.90 Å². The van der Waals surface area contributed by atoms with Crippen LogP contribution in [0.5, 0.6) is 5.75 Å². The minimum absolute atomic E-state index is 0.0669. The second-order valence-corrected chi connectivity index (χ2v) is 3.71. The van der Waals surface area contributed by atoms with Gasteiger partial charge >= 0.3 is 0 Å². The van der Waals surface area contributed by atoms with Gasteiger partial charge in [-0.25, -0.2) is 0 Å². The highest BCUT2D eigenvalue weighted by Crippen LogP contribution is 2.19. The van der Waals surface area contributed by atoms with Crippen molar-refractivity contribution < 1.29 is 9.47 Å². The average molecular weight is 220 g/mol. The summed E-state index contributed by atoms with van der Waals surface area (Å²) < 4.78 is 10.4. The summed E-state index contributed by atoms with van der Waals surface area (Å²) in [7, 11) is 1.65. The lowest BCUT2D eigenvalue weighted by Crippen LogP contribution is -2.15. The summed E-state index contributed by atoms with van der Waals surface area (Å²) in [6.07, 6.45) is 0.659. The van der Waals surface area contributed by atoms with Gasteiger partial charge in [-0.15, -0.1) is 0 Å². The van der Waals surface area contributed by atoms with E-state index >= 15 is 0 Å². The molecule has 2 rings (SSSR count). The minimum atomic E-state index is -0.0669. The quantitative estimate of drug-likeness (QED) is 0.836. The summed E-state index contributed by atoms with van der Waals surface area (Å²) in [4.78, 5) is 4.22. The third kappa shape index (κ3) is 2.52. The number of hydrogen-bond donors (Lipinski definition) is 1. The Kier molecular flexibility index (Phi) is 3.41. The molecule has 1 aromatic carbocycles. The molecule has 0 saturated carbocycles. The monoisotopic (exact) mass is 220 g/mol. The van der Waals surface area contributed by atoms with Crippen LogP contribution in [0, 0.1) is 0 Å². The molecule has 1 atom stereocenters. The van der Waals surface area contributed by atoms with Crippen molar-refractivity contribution in [3.63, 3.8) is 0 Å². The maximum absolute atomic E-state index is 6.06. The normalized spacial score (nSPS) is 16.5. The van der Waals surface area contributed by atoms with E-state index in [9.17, 15) is 0 Å². The summed E-state index contributed by atoms with van der Waals surface area (Å²) >= 11 is 0. The summed E-state index contributed by atoms with van der Waals surface area (Å²) in [6.45, 7) is 1.44. The molecule has 1 aliphatic rings. The van der Waals surface area contributed by atoms with Crippen LogP contribution in [0.15, 0.2) is 29.3 Å². The van der Waals surface area contributed by atoms with Crippen LogP contribution in [0.25, 0.3) is 0 Å². The first-order chi connectivity index (χ1) is 7.79. The Morgan fingerprint density at radius 2 is 2.19 bits per heavy atom. The molecule has 2 N–H and O–H groups in total. The zero-order valence-electron chi connectivity index (χ0n) is 9.35.